The van der Waals surface area contributed by atoms with E-state index in [1.165, 1.54) is 23.5 Å². The van der Waals surface area contributed by atoms with E-state index < -0.39 is 5.91 Å². The first-order valence-electron chi connectivity index (χ1n) is 7.20. The summed E-state index contributed by atoms with van der Waals surface area (Å²) >= 11 is 1.53. The highest BCUT2D eigenvalue weighted by Crippen LogP contribution is 2.21. The number of nitrogens with one attached hydrogen (secondary N) is 1. The van der Waals surface area contributed by atoms with Gasteiger partial charge < -0.3 is 5.32 Å². The van der Waals surface area contributed by atoms with Crippen LogP contribution < -0.4 is 10.9 Å². The molecule has 114 valence electrons. The number of thioether (sulfide) groups is 1. The third kappa shape index (κ3) is 2.78. The van der Waals surface area contributed by atoms with Crippen molar-refractivity contribution in [3.05, 3.63) is 51.9 Å². The van der Waals surface area contributed by atoms with Gasteiger partial charge in [-0.3, -0.25) is 14.2 Å². The summed E-state index contributed by atoms with van der Waals surface area (Å²) < 4.78 is 1.56. The minimum atomic E-state index is -0.415. The van der Waals surface area contributed by atoms with E-state index in [0.29, 0.717) is 23.3 Å². The minimum Gasteiger partial charge on any atom is -0.322 e. The number of nitrogens with zero attached hydrogens (tertiary/aromatic N) is 2. The highest BCUT2D eigenvalue weighted by atomic mass is 32.2. The molecule has 2 heterocycles. The van der Waals surface area contributed by atoms with Gasteiger partial charge in [-0.15, -0.1) is 0 Å². The molecule has 1 aromatic heterocycles. The fraction of sp³-hybridized carbons (Fsp3) is 0.312. The zero-order valence-electron chi connectivity index (χ0n) is 12.5. The van der Waals surface area contributed by atoms with Gasteiger partial charge in [-0.1, -0.05) is 37.7 Å². The summed E-state index contributed by atoms with van der Waals surface area (Å²) in [6.45, 7) is 4.83. The lowest BCUT2D eigenvalue weighted by Crippen LogP contribution is -2.29. The lowest BCUT2D eigenvalue weighted by molar-refractivity contribution is 0.102. The summed E-state index contributed by atoms with van der Waals surface area (Å²) in [6, 6.07) is 7.65. The number of carbonyl (C=O) groups excluding carboxylic acids is 1. The third-order valence-electron chi connectivity index (χ3n) is 3.64. The van der Waals surface area contributed by atoms with Gasteiger partial charge in [0.25, 0.3) is 11.5 Å². The molecule has 0 spiro atoms. The van der Waals surface area contributed by atoms with Gasteiger partial charge in [-0.05, 0) is 23.6 Å². The van der Waals surface area contributed by atoms with Crippen LogP contribution in [0.4, 0.5) is 5.69 Å². The van der Waals surface area contributed by atoms with Crippen LogP contribution in [0.25, 0.3) is 0 Å². The molecule has 1 aliphatic heterocycles. The maximum Gasteiger partial charge on any atom is 0.267 e. The van der Waals surface area contributed by atoms with Gasteiger partial charge in [0.1, 0.15) is 5.56 Å². The molecular weight excluding hydrogens is 298 g/mol. The molecule has 1 N–H and O–H groups in total. The summed E-state index contributed by atoms with van der Waals surface area (Å²) in [5.41, 5.74) is 1.69. The van der Waals surface area contributed by atoms with E-state index in [0.717, 1.165) is 5.75 Å². The number of aromatic nitrogens is 2. The number of amides is 1. The topological polar surface area (TPSA) is 64.0 Å². The van der Waals surface area contributed by atoms with E-state index in [2.05, 4.69) is 24.1 Å². The average Bonchev–Trinajstić information content (AvgIpc) is 2.97. The van der Waals surface area contributed by atoms with Crippen LogP contribution in [0.5, 0.6) is 0 Å². The van der Waals surface area contributed by atoms with Gasteiger partial charge in [0.15, 0.2) is 5.16 Å². The van der Waals surface area contributed by atoms with E-state index in [9.17, 15) is 9.59 Å². The number of benzene rings is 1. The molecule has 0 fully saturated rings. The van der Waals surface area contributed by atoms with Crippen molar-refractivity contribution in [2.75, 3.05) is 11.1 Å². The molecule has 0 radical (unpaired) electrons. The van der Waals surface area contributed by atoms with Gasteiger partial charge >= 0.3 is 0 Å². The van der Waals surface area contributed by atoms with Crippen LogP contribution in [0, 0.1) is 0 Å². The molecule has 6 heteroatoms. The Hall–Kier alpha value is -2.08. The number of anilines is 1. The van der Waals surface area contributed by atoms with Crippen LogP contribution in [0.1, 0.15) is 35.7 Å². The number of hydrogen-bond donors (Lipinski definition) is 1. The zero-order valence-corrected chi connectivity index (χ0v) is 13.3. The second kappa shape index (κ2) is 5.96. The van der Waals surface area contributed by atoms with Crippen LogP contribution in [0.3, 0.4) is 0 Å². The van der Waals surface area contributed by atoms with Gasteiger partial charge in [0, 0.05) is 24.2 Å². The molecule has 1 aliphatic rings. The Morgan fingerprint density at radius 2 is 2.05 bits per heavy atom. The Morgan fingerprint density at radius 1 is 1.32 bits per heavy atom. The second-order valence-electron chi connectivity index (χ2n) is 5.49. The minimum absolute atomic E-state index is 0.0826. The van der Waals surface area contributed by atoms with Gasteiger partial charge in [0.05, 0.1) is 0 Å². The summed E-state index contributed by atoms with van der Waals surface area (Å²) in [4.78, 5) is 28.8. The Balaban J connectivity index is 1.82. The lowest BCUT2D eigenvalue weighted by Gasteiger charge is -2.09. The molecule has 2 aromatic rings. The van der Waals surface area contributed by atoms with E-state index in [1.54, 1.807) is 4.57 Å². The largest absolute Gasteiger partial charge is 0.322 e. The molecule has 0 aliphatic carbocycles. The lowest BCUT2D eigenvalue weighted by atomic mass is 10.0. The van der Waals surface area contributed by atoms with Crippen molar-refractivity contribution in [3.63, 3.8) is 0 Å². The average molecular weight is 315 g/mol. The molecule has 3 rings (SSSR count). The fourth-order valence-corrected chi connectivity index (χ4v) is 3.24. The monoisotopic (exact) mass is 315 g/mol. The van der Waals surface area contributed by atoms with Crippen LogP contribution in [0.15, 0.2) is 40.4 Å². The maximum absolute atomic E-state index is 12.3. The van der Waals surface area contributed by atoms with Gasteiger partial charge in [-0.25, -0.2) is 4.98 Å². The predicted molar refractivity (Wildman–Crippen MR) is 87.7 cm³/mol. The molecule has 1 aromatic carbocycles. The van der Waals surface area contributed by atoms with Gasteiger partial charge in [0.2, 0.25) is 0 Å². The van der Waals surface area contributed by atoms with E-state index in [1.807, 2.05) is 24.3 Å². The summed E-state index contributed by atoms with van der Waals surface area (Å²) in [5, 5.41) is 3.44. The molecule has 0 unspecified atom stereocenters. The molecule has 0 saturated heterocycles. The van der Waals surface area contributed by atoms with Gasteiger partial charge in [-0.2, -0.15) is 0 Å². The number of fused-ring (bicyclic) bond motifs is 1. The summed E-state index contributed by atoms with van der Waals surface area (Å²) in [5.74, 6) is 0.846. The summed E-state index contributed by atoms with van der Waals surface area (Å²) in [7, 11) is 0. The van der Waals surface area contributed by atoms with Crippen LogP contribution >= 0.6 is 11.8 Å². The molecule has 0 atom stereocenters. The van der Waals surface area contributed by atoms with Crippen molar-refractivity contribution < 1.29 is 4.79 Å². The Labute approximate surface area is 132 Å². The van der Waals surface area contributed by atoms with Crippen molar-refractivity contribution in [2.45, 2.75) is 31.5 Å². The van der Waals surface area contributed by atoms with Crippen LogP contribution in [-0.4, -0.2) is 21.2 Å². The Kier molecular flexibility index (Phi) is 4.02. The fourth-order valence-electron chi connectivity index (χ4n) is 2.32. The van der Waals surface area contributed by atoms with Crippen LogP contribution in [0.2, 0.25) is 0 Å². The van der Waals surface area contributed by atoms with Crippen molar-refractivity contribution in [2.24, 2.45) is 0 Å². The number of hydrogen-bond acceptors (Lipinski definition) is 4. The first-order valence-corrected chi connectivity index (χ1v) is 8.19. The summed E-state index contributed by atoms with van der Waals surface area (Å²) in [6.07, 6.45) is 1.37. The predicted octanol–water partition coefficient (Wildman–Crippen LogP) is 2.72. The molecule has 1 amide bonds. The number of carbonyl (C=O) groups is 1. The molecule has 0 saturated carbocycles. The first-order chi connectivity index (χ1) is 10.6. The van der Waals surface area contributed by atoms with E-state index in [4.69, 9.17) is 0 Å². The Bertz CT molecular complexity index is 766. The molecule has 22 heavy (non-hydrogen) atoms. The SMILES string of the molecule is CC(C)c1ccc(NC(=O)c2cnc3n(c2=O)CCS3)cc1. The van der Waals surface area contributed by atoms with Crippen LogP contribution in [-0.2, 0) is 6.54 Å². The standard InChI is InChI=1S/C16H17N3O2S/c1-10(2)11-3-5-12(6-4-11)18-14(20)13-9-17-16-19(15(13)21)7-8-22-16/h3-6,9-10H,7-8H2,1-2H3,(H,18,20). The van der Waals surface area contributed by atoms with Crippen molar-refractivity contribution >= 4 is 23.4 Å². The smallest absolute Gasteiger partial charge is 0.267 e. The normalized spacial score (nSPS) is 13.2. The van der Waals surface area contributed by atoms with E-state index >= 15 is 0 Å². The molecule has 5 nitrogen and oxygen atoms in total. The molecular formula is C16H17N3O2S. The highest BCUT2D eigenvalue weighted by molar-refractivity contribution is 7.99. The van der Waals surface area contributed by atoms with E-state index in [-0.39, 0.29) is 11.1 Å². The molecule has 0 bridgehead atoms. The van der Waals surface area contributed by atoms with Crippen molar-refractivity contribution in [1.82, 2.24) is 9.55 Å². The number of rotatable bonds is 3. The zero-order chi connectivity index (χ0) is 15.7. The maximum atomic E-state index is 12.3. The quantitative estimate of drug-likeness (QED) is 0.885. The first kappa shape index (κ1) is 14.8. The van der Waals surface area contributed by atoms with Crippen molar-refractivity contribution in [3.8, 4) is 0 Å². The highest BCUT2D eigenvalue weighted by Gasteiger charge is 2.20. The van der Waals surface area contributed by atoms with Crippen molar-refractivity contribution in [1.29, 1.82) is 0 Å². The Morgan fingerprint density at radius 3 is 2.73 bits per heavy atom. The third-order valence-corrected chi connectivity index (χ3v) is 4.61. The second-order valence-corrected chi connectivity index (χ2v) is 6.55.